The van der Waals surface area contributed by atoms with E-state index in [1.165, 1.54) is 18.4 Å². The van der Waals surface area contributed by atoms with Crippen LogP contribution in [0, 0.1) is 5.92 Å². The highest BCUT2D eigenvalue weighted by Gasteiger charge is 2.16. The van der Waals surface area contributed by atoms with Crippen molar-refractivity contribution < 1.29 is 13.2 Å². The van der Waals surface area contributed by atoms with Crippen LogP contribution in [0.2, 0.25) is 0 Å². The van der Waals surface area contributed by atoms with Crippen LogP contribution in [-0.2, 0) is 14.8 Å². The molecule has 120 valence electrons. The largest absolute Gasteiger partial charge is 0.299 e. The number of hydrogen-bond acceptors (Lipinski definition) is 7. The number of rotatable bonds is 8. The van der Waals surface area contributed by atoms with Gasteiger partial charge < -0.3 is 0 Å². The fourth-order valence-electron chi connectivity index (χ4n) is 1.18. The van der Waals surface area contributed by atoms with Gasteiger partial charge in [-0.3, -0.25) is 10.1 Å². The molecule has 1 aromatic rings. The molecule has 1 N–H and O–H groups in total. The second-order valence-corrected chi connectivity index (χ2v) is 9.38. The van der Waals surface area contributed by atoms with Crippen LogP contribution in [-0.4, -0.2) is 54.4 Å². The fraction of sp³-hybridized carbons (Fsp3) is 0.727. The maximum atomic E-state index is 11.7. The van der Waals surface area contributed by atoms with Gasteiger partial charge in [-0.05, 0) is 12.3 Å². The molecule has 10 heteroatoms. The van der Waals surface area contributed by atoms with Gasteiger partial charge >= 0.3 is 0 Å². The van der Waals surface area contributed by atoms with Crippen molar-refractivity contribution in [1.82, 2.24) is 14.5 Å². The second kappa shape index (κ2) is 8.06. The van der Waals surface area contributed by atoms with Gasteiger partial charge in [-0.25, -0.2) is 8.42 Å². The molecule has 0 saturated carbocycles. The van der Waals surface area contributed by atoms with Crippen LogP contribution in [0.25, 0.3) is 0 Å². The molecule has 0 unspecified atom stereocenters. The van der Waals surface area contributed by atoms with E-state index < -0.39 is 15.9 Å². The molecular formula is C11H20N4O3S3. The molecule has 0 bridgehead atoms. The van der Waals surface area contributed by atoms with E-state index in [4.69, 9.17) is 0 Å². The number of anilines is 1. The first-order chi connectivity index (χ1) is 9.68. The highest BCUT2D eigenvalue weighted by molar-refractivity contribution is 8.01. The number of hydrogen-bond donors (Lipinski definition) is 1. The van der Waals surface area contributed by atoms with Gasteiger partial charge in [0.05, 0.1) is 12.8 Å². The quantitative estimate of drug-likeness (QED) is 0.563. The van der Waals surface area contributed by atoms with Gasteiger partial charge in [-0.15, -0.1) is 10.2 Å². The molecule has 21 heavy (non-hydrogen) atoms. The summed E-state index contributed by atoms with van der Waals surface area (Å²) in [5, 5.41) is 10.8. The van der Waals surface area contributed by atoms with Crippen LogP contribution in [0.1, 0.15) is 20.3 Å². The van der Waals surface area contributed by atoms with Crippen molar-refractivity contribution in [3.8, 4) is 0 Å². The third-order valence-electron chi connectivity index (χ3n) is 2.51. The second-order valence-electron chi connectivity index (χ2n) is 4.97. The first kappa shape index (κ1) is 18.3. The van der Waals surface area contributed by atoms with Crippen LogP contribution in [0.4, 0.5) is 5.13 Å². The summed E-state index contributed by atoms with van der Waals surface area (Å²) in [6, 6.07) is 0. The Labute approximate surface area is 133 Å². The average Bonchev–Trinajstić information content (AvgIpc) is 2.74. The van der Waals surface area contributed by atoms with Crippen molar-refractivity contribution in [2.45, 2.75) is 24.6 Å². The van der Waals surface area contributed by atoms with Gasteiger partial charge in [0, 0.05) is 12.8 Å². The molecule has 0 spiro atoms. The molecule has 1 aromatic heterocycles. The summed E-state index contributed by atoms with van der Waals surface area (Å²) in [5.41, 5.74) is 0. The van der Waals surface area contributed by atoms with Crippen LogP contribution in [0.5, 0.6) is 0 Å². The molecule has 0 saturated heterocycles. The van der Waals surface area contributed by atoms with Crippen molar-refractivity contribution in [3.63, 3.8) is 0 Å². The van der Waals surface area contributed by atoms with Crippen LogP contribution in [0.3, 0.4) is 0 Å². The predicted octanol–water partition coefficient (Wildman–Crippen LogP) is 1.51. The number of aromatic nitrogens is 2. The number of sulfonamides is 1. The van der Waals surface area contributed by atoms with Crippen molar-refractivity contribution in [3.05, 3.63) is 0 Å². The van der Waals surface area contributed by atoms with Crippen molar-refractivity contribution in [1.29, 1.82) is 0 Å². The fourth-order valence-corrected chi connectivity index (χ4v) is 3.61. The predicted molar refractivity (Wildman–Crippen MR) is 86.2 cm³/mol. The summed E-state index contributed by atoms with van der Waals surface area (Å²) >= 11 is 2.89. The molecule has 1 heterocycles. The Hall–Kier alpha value is -0.710. The van der Waals surface area contributed by atoms with Gasteiger partial charge in [0.25, 0.3) is 0 Å². The first-order valence-corrected chi connectivity index (χ1v) is 10.0. The average molecular weight is 353 g/mol. The SMILES string of the molecule is CC(C)CCSc1nnc(NC(=O)CN(C)S(C)(=O)=O)s1. The molecule has 7 nitrogen and oxygen atoms in total. The van der Waals surface area contributed by atoms with Gasteiger partial charge in [0.15, 0.2) is 4.34 Å². The maximum absolute atomic E-state index is 11.7. The highest BCUT2D eigenvalue weighted by Crippen LogP contribution is 2.26. The molecule has 0 aliphatic heterocycles. The summed E-state index contributed by atoms with van der Waals surface area (Å²) < 4.78 is 24.2. The third kappa shape index (κ3) is 7.21. The molecule has 0 aliphatic carbocycles. The Balaban J connectivity index is 2.45. The number of carbonyl (C=O) groups is 1. The standard InChI is InChI=1S/C11H20N4O3S3/c1-8(2)5-6-19-11-14-13-10(20-11)12-9(16)7-15(3)21(4,17)18/h8H,5-7H2,1-4H3,(H,12,13,16). The Morgan fingerprint density at radius 1 is 1.43 bits per heavy atom. The number of carbonyl (C=O) groups excluding carboxylic acids is 1. The Kier molecular flexibility index (Phi) is 7.04. The Bertz CT molecular complexity index is 571. The highest BCUT2D eigenvalue weighted by atomic mass is 32.2. The summed E-state index contributed by atoms with van der Waals surface area (Å²) in [7, 11) is -2.02. The Morgan fingerprint density at radius 2 is 2.10 bits per heavy atom. The smallest absolute Gasteiger partial charge is 0.241 e. The van der Waals surface area contributed by atoms with Crippen molar-refractivity contribution >= 4 is 44.2 Å². The van der Waals surface area contributed by atoms with E-state index in [1.807, 2.05) is 0 Å². The van der Waals surface area contributed by atoms with E-state index in [-0.39, 0.29) is 6.54 Å². The molecule has 0 aromatic carbocycles. The molecule has 0 atom stereocenters. The lowest BCUT2D eigenvalue weighted by Crippen LogP contribution is -2.34. The lowest BCUT2D eigenvalue weighted by Gasteiger charge is -2.12. The number of thioether (sulfide) groups is 1. The van der Waals surface area contributed by atoms with E-state index in [2.05, 4.69) is 29.4 Å². The van der Waals surface area contributed by atoms with E-state index >= 15 is 0 Å². The minimum absolute atomic E-state index is 0.242. The normalized spacial score (nSPS) is 12.1. The lowest BCUT2D eigenvalue weighted by atomic mass is 10.2. The molecular weight excluding hydrogens is 332 g/mol. The number of nitrogens with one attached hydrogen (secondary N) is 1. The van der Waals surface area contributed by atoms with Crippen LogP contribution in [0.15, 0.2) is 4.34 Å². The zero-order chi connectivity index (χ0) is 16.0. The number of nitrogens with zero attached hydrogens (tertiary/aromatic N) is 3. The summed E-state index contributed by atoms with van der Waals surface area (Å²) in [6.45, 7) is 4.07. The first-order valence-electron chi connectivity index (χ1n) is 6.36. The molecule has 0 radical (unpaired) electrons. The van der Waals surface area contributed by atoms with E-state index in [9.17, 15) is 13.2 Å². The third-order valence-corrected chi connectivity index (χ3v) is 5.77. The van der Waals surface area contributed by atoms with Crippen LogP contribution < -0.4 is 5.32 Å². The zero-order valence-electron chi connectivity index (χ0n) is 12.5. The summed E-state index contributed by atoms with van der Waals surface area (Å²) in [4.78, 5) is 11.7. The Morgan fingerprint density at radius 3 is 2.67 bits per heavy atom. The molecule has 1 amide bonds. The van der Waals surface area contributed by atoms with Crippen molar-refractivity contribution in [2.24, 2.45) is 5.92 Å². The molecule has 0 fully saturated rings. The van der Waals surface area contributed by atoms with Gasteiger partial charge in [0.2, 0.25) is 21.1 Å². The lowest BCUT2D eigenvalue weighted by molar-refractivity contribution is -0.116. The van der Waals surface area contributed by atoms with Gasteiger partial charge in [0.1, 0.15) is 0 Å². The van der Waals surface area contributed by atoms with Crippen LogP contribution >= 0.6 is 23.1 Å². The monoisotopic (exact) mass is 352 g/mol. The molecule has 1 rings (SSSR count). The topological polar surface area (TPSA) is 92.3 Å². The summed E-state index contributed by atoms with van der Waals surface area (Å²) in [6.07, 6.45) is 2.14. The number of amides is 1. The molecule has 0 aliphatic rings. The van der Waals surface area contributed by atoms with Gasteiger partial charge in [-0.2, -0.15) is 4.31 Å². The van der Waals surface area contributed by atoms with Gasteiger partial charge in [-0.1, -0.05) is 36.9 Å². The maximum Gasteiger partial charge on any atom is 0.241 e. The minimum Gasteiger partial charge on any atom is -0.299 e. The summed E-state index contributed by atoms with van der Waals surface area (Å²) in [5.74, 6) is 1.16. The van der Waals surface area contributed by atoms with E-state index in [1.54, 1.807) is 11.8 Å². The number of likely N-dealkylation sites (N-methyl/N-ethyl adjacent to an activating group) is 1. The van der Waals surface area contributed by atoms with Crippen molar-refractivity contribution in [2.75, 3.05) is 30.9 Å². The zero-order valence-corrected chi connectivity index (χ0v) is 14.9. The van der Waals surface area contributed by atoms with E-state index in [0.717, 1.165) is 27.1 Å². The van der Waals surface area contributed by atoms with E-state index in [0.29, 0.717) is 11.0 Å². The minimum atomic E-state index is -3.37.